The van der Waals surface area contributed by atoms with E-state index in [0.29, 0.717) is 13.2 Å². The van der Waals surface area contributed by atoms with Crippen molar-refractivity contribution in [3.05, 3.63) is 29.3 Å². The lowest BCUT2D eigenvalue weighted by atomic mass is 10.1. The normalized spacial score (nSPS) is 11.0. The van der Waals surface area contributed by atoms with Gasteiger partial charge in [-0.2, -0.15) is 0 Å². The number of benzene rings is 1. The van der Waals surface area contributed by atoms with Crippen LogP contribution >= 0.6 is 0 Å². The summed E-state index contributed by atoms with van der Waals surface area (Å²) in [7, 11) is 0. The maximum atomic E-state index is 11.4. The van der Waals surface area contributed by atoms with Crippen LogP contribution in [0.2, 0.25) is 0 Å². The summed E-state index contributed by atoms with van der Waals surface area (Å²) in [6.07, 6.45) is -0.420. The van der Waals surface area contributed by atoms with E-state index in [2.05, 4.69) is 12.2 Å². The van der Waals surface area contributed by atoms with Crippen molar-refractivity contribution < 1.29 is 14.3 Å². The maximum Gasteiger partial charge on any atom is 0.407 e. The first kappa shape index (κ1) is 15.3. The molecule has 0 heterocycles. The number of aryl methyl sites for hydroxylation is 2. The lowest BCUT2D eigenvalue weighted by Crippen LogP contribution is -2.34. The van der Waals surface area contributed by atoms with Crippen molar-refractivity contribution in [2.75, 3.05) is 13.2 Å². The van der Waals surface area contributed by atoms with Crippen LogP contribution in [0.3, 0.4) is 0 Å². The van der Waals surface area contributed by atoms with Crippen LogP contribution in [0.15, 0.2) is 18.2 Å². The van der Waals surface area contributed by atoms with Crippen LogP contribution in [0, 0.1) is 13.8 Å². The molecule has 1 aromatic rings. The molecule has 0 saturated heterocycles. The van der Waals surface area contributed by atoms with Crippen molar-refractivity contribution in [3.63, 3.8) is 0 Å². The van der Waals surface area contributed by atoms with Crippen molar-refractivity contribution in [2.24, 2.45) is 0 Å². The smallest absolute Gasteiger partial charge is 0.407 e. The number of hydrogen-bond acceptors (Lipinski definition) is 3. The van der Waals surface area contributed by atoms with Gasteiger partial charge in [0.2, 0.25) is 0 Å². The third-order valence-corrected chi connectivity index (χ3v) is 2.52. The Morgan fingerprint density at radius 2 is 1.89 bits per heavy atom. The molecule has 0 spiro atoms. The Hall–Kier alpha value is -1.71. The quantitative estimate of drug-likeness (QED) is 0.850. The van der Waals surface area contributed by atoms with E-state index >= 15 is 0 Å². The molecule has 1 amide bonds. The van der Waals surface area contributed by atoms with Crippen LogP contribution in [-0.4, -0.2) is 24.8 Å². The minimum absolute atomic E-state index is 0.418. The Morgan fingerprint density at radius 1 is 1.21 bits per heavy atom. The first-order valence-corrected chi connectivity index (χ1v) is 6.45. The van der Waals surface area contributed by atoms with Crippen LogP contribution in [0.4, 0.5) is 4.79 Å². The van der Waals surface area contributed by atoms with E-state index in [-0.39, 0.29) is 0 Å². The lowest BCUT2D eigenvalue weighted by Gasteiger charge is -2.19. The van der Waals surface area contributed by atoms with Gasteiger partial charge in [0.05, 0.1) is 6.54 Å². The van der Waals surface area contributed by atoms with Gasteiger partial charge in [0.1, 0.15) is 18.0 Å². The van der Waals surface area contributed by atoms with Gasteiger partial charge in [-0.05, 0) is 57.9 Å². The van der Waals surface area contributed by atoms with E-state index in [0.717, 1.165) is 5.75 Å². The van der Waals surface area contributed by atoms with Crippen LogP contribution in [0.25, 0.3) is 0 Å². The van der Waals surface area contributed by atoms with E-state index in [1.807, 2.05) is 45.9 Å². The molecule has 1 aromatic carbocycles. The summed E-state index contributed by atoms with van der Waals surface area (Å²) in [5.41, 5.74) is 1.95. The zero-order chi connectivity index (χ0) is 14.5. The molecule has 0 aromatic heterocycles. The second kappa shape index (κ2) is 6.45. The molecule has 0 aliphatic rings. The summed E-state index contributed by atoms with van der Waals surface area (Å²) in [6, 6.07) is 5.94. The molecule has 1 rings (SSSR count). The van der Waals surface area contributed by atoms with Gasteiger partial charge in [-0.15, -0.1) is 0 Å². The summed E-state index contributed by atoms with van der Waals surface area (Å²) in [5, 5.41) is 2.65. The van der Waals surface area contributed by atoms with Gasteiger partial charge in [-0.1, -0.05) is 6.07 Å². The van der Waals surface area contributed by atoms with Crippen LogP contribution in [-0.2, 0) is 4.74 Å². The van der Waals surface area contributed by atoms with Gasteiger partial charge < -0.3 is 14.8 Å². The van der Waals surface area contributed by atoms with Crippen molar-refractivity contribution >= 4 is 6.09 Å². The second-order valence-corrected chi connectivity index (χ2v) is 5.52. The molecular formula is C15H23NO3. The first-order valence-electron chi connectivity index (χ1n) is 6.45. The molecule has 106 valence electrons. The summed E-state index contributed by atoms with van der Waals surface area (Å²) in [6.45, 7) is 10.4. The molecule has 19 heavy (non-hydrogen) atoms. The van der Waals surface area contributed by atoms with Crippen LogP contribution in [0.1, 0.15) is 31.9 Å². The topological polar surface area (TPSA) is 47.6 Å². The molecule has 0 bridgehead atoms. The molecule has 4 nitrogen and oxygen atoms in total. The van der Waals surface area contributed by atoms with Crippen LogP contribution < -0.4 is 10.1 Å². The number of carbonyl (C=O) groups is 1. The van der Waals surface area contributed by atoms with Gasteiger partial charge in [-0.3, -0.25) is 0 Å². The molecule has 0 atom stereocenters. The third kappa shape index (κ3) is 6.13. The van der Waals surface area contributed by atoms with E-state index in [9.17, 15) is 4.79 Å². The van der Waals surface area contributed by atoms with Gasteiger partial charge in [0.25, 0.3) is 0 Å². The van der Waals surface area contributed by atoms with Crippen molar-refractivity contribution in [2.45, 2.75) is 40.2 Å². The minimum atomic E-state index is -0.473. The maximum absolute atomic E-state index is 11.4. The molecule has 0 saturated carbocycles. The number of hydrogen-bond donors (Lipinski definition) is 1. The summed E-state index contributed by atoms with van der Waals surface area (Å²) in [4.78, 5) is 11.4. The zero-order valence-electron chi connectivity index (χ0n) is 12.4. The lowest BCUT2D eigenvalue weighted by molar-refractivity contribution is 0.0520. The minimum Gasteiger partial charge on any atom is -0.492 e. The molecule has 4 heteroatoms. The Kier molecular flexibility index (Phi) is 5.21. The fourth-order valence-electron chi connectivity index (χ4n) is 1.44. The number of alkyl carbamates (subject to hydrolysis) is 1. The molecule has 0 fully saturated rings. The van der Waals surface area contributed by atoms with E-state index < -0.39 is 11.7 Å². The van der Waals surface area contributed by atoms with E-state index in [1.165, 1.54) is 11.1 Å². The number of nitrogens with one attached hydrogen (secondary N) is 1. The fourth-order valence-corrected chi connectivity index (χ4v) is 1.44. The Labute approximate surface area is 115 Å². The van der Waals surface area contributed by atoms with E-state index in [4.69, 9.17) is 9.47 Å². The summed E-state index contributed by atoms with van der Waals surface area (Å²) >= 11 is 0. The molecular weight excluding hydrogens is 242 g/mol. The van der Waals surface area contributed by atoms with Gasteiger partial charge >= 0.3 is 6.09 Å². The van der Waals surface area contributed by atoms with Crippen LogP contribution in [0.5, 0.6) is 5.75 Å². The third-order valence-electron chi connectivity index (χ3n) is 2.52. The molecule has 0 unspecified atom stereocenters. The molecule has 0 aliphatic carbocycles. The molecule has 1 N–H and O–H groups in total. The second-order valence-electron chi connectivity index (χ2n) is 5.52. The Bertz CT molecular complexity index is 436. The monoisotopic (exact) mass is 265 g/mol. The number of ether oxygens (including phenoxy) is 2. The summed E-state index contributed by atoms with van der Waals surface area (Å²) < 4.78 is 10.7. The Balaban J connectivity index is 2.27. The van der Waals surface area contributed by atoms with Crippen molar-refractivity contribution in [1.29, 1.82) is 0 Å². The Morgan fingerprint density at radius 3 is 2.47 bits per heavy atom. The highest BCUT2D eigenvalue weighted by Crippen LogP contribution is 2.16. The fraction of sp³-hybridized carbons (Fsp3) is 0.533. The summed E-state index contributed by atoms with van der Waals surface area (Å²) in [5.74, 6) is 0.814. The van der Waals surface area contributed by atoms with Crippen molar-refractivity contribution in [1.82, 2.24) is 5.32 Å². The molecule has 0 radical (unpaired) electrons. The average Bonchev–Trinajstić information content (AvgIpc) is 2.27. The standard InChI is InChI=1S/C15H23NO3/c1-11-6-7-13(10-12(11)2)18-9-8-16-14(17)19-15(3,4)5/h6-7,10H,8-9H2,1-5H3,(H,16,17). The predicted molar refractivity (Wildman–Crippen MR) is 75.6 cm³/mol. The highest BCUT2D eigenvalue weighted by atomic mass is 16.6. The first-order chi connectivity index (χ1) is 8.78. The average molecular weight is 265 g/mol. The zero-order valence-corrected chi connectivity index (χ0v) is 12.4. The highest BCUT2D eigenvalue weighted by molar-refractivity contribution is 5.67. The van der Waals surface area contributed by atoms with E-state index in [1.54, 1.807) is 0 Å². The molecule has 0 aliphatic heterocycles. The highest BCUT2D eigenvalue weighted by Gasteiger charge is 2.15. The number of amides is 1. The number of rotatable bonds is 4. The SMILES string of the molecule is Cc1ccc(OCCNC(=O)OC(C)(C)C)cc1C. The van der Waals surface area contributed by atoms with Gasteiger partial charge in [0.15, 0.2) is 0 Å². The largest absolute Gasteiger partial charge is 0.492 e. The number of carbonyl (C=O) groups excluding carboxylic acids is 1. The van der Waals surface area contributed by atoms with Gasteiger partial charge in [0, 0.05) is 0 Å². The van der Waals surface area contributed by atoms with Gasteiger partial charge in [-0.25, -0.2) is 4.79 Å². The van der Waals surface area contributed by atoms with Crippen molar-refractivity contribution in [3.8, 4) is 5.75 Å². The predicted octanol–water partition coefficient (Wildman–Crippen LogP) is 3.21.